The fourth-order valence-corrected chi connectivity index (χ4v) is 3.75. The molecule has 0 atom stereocenters. The van der Waals surface area contributed by atoms with Crippen LogP contribution < -0.4 is 15.5 Å². The van der Waals surface area contributed by atoms with E-state index in [0.717, 1.165) is 11.9 Å². The first-order valence-corrected chi connectivity index (χ1v) is 10.9. The maximum Gasteiger partial charge on any atom is 0.341 e. The van der Waals surface area contributed by atoms with E-state index in [9.17, 15) is 22.0 Å². The minimum absolute atomic E-state index is 0.359. The molecule has 0 radical (unpaired) electrons. The van der Waals surface area contributed by atoms with Crippen LogP contribution in [0.3, 0.4) is 0 Å². The summed E-state index contributed by atoms with van der Waals surface area (Å²) in [6.45, 7) is 1.78. The average Bonchev–Trinajstić information content (AvgIpc) is 2.74. The first-order chi connectivity index (χ1) is 15.1. The summed E-state index contributed by atoms with van der Waals surface area (Å²) in [7, 11) is -1.18. The molecule has 3 rings (SSSR count). The van der Waals surface area contributed by atoms with E-state index >= 15 is 0 Å². The van der Waals surface area contributed by atoms with Gasteiger partial charge in [-0.2, -0.15) is 8.78 Å². The van der Waals surface area contributed by atoms with Crippen LogP contribution in [0.1, 0.15) is 16.2 Å². The number of amides is 1. The fraction of sp³-hybridized carbons (Fsp3) is 0.190. The smallest absolute Gasteiger partial charge is 0.341 e. The van der Waals surface area contributed by atoms with Crippen molar-refractivity contribution in [2.75, 3.05) is 29.6 Å². The van der Waals surface area contributed by atoms with Crippen molar-refractivity contribution in [1.29, 1.82) is 0 Å². The van der Waals surface area contributed by atoms with Crippen LogP contribution in [0, 0.1) is 6.92 Å². The maximum atomic E-state index is 12.9. The number of halogens is 2. The van der Waals surface area contributed by atoms with Gasteiger partial charge in [-0.15, -0.1) is 0 Å². The molecule has 0 fully saturated rings. The summed E-state index contributed by atoms with van der Waals surface area (Å²) in [4.78, 5) is 22.3. The SMILES string of the molecule is Cc1nc(Nc2ccc(NC(=O)c3ccccc3S(=O)(=O)C(F)F)cc2)cc(N(C)C)n1. The topological polar surface area (TPSA) is 104 Å². The zero-order valence-corrected chi connectivity index (χ0v) is 18.3. The minimum atomic E-state index is -4.92. The highest BCUT2D eigenvalue weighted by Gasteiger charge is 2.30. The molecule has 11 heteroatoms. The Labute approximate surface area is 184 Å². The average molecular weight is 461 g/mol. The summed E-state index contributed by atoms with van der Waals surface area (Å²) >= 11 is 0. The van der Waals surface area contributed by atoms with E-state index in [4.69, 9.17) is 0 Å². The molecule has 2 aromatic carbocycles. The lowest BCUT2D eigenvalue weighted by Gasteiger charge is -2.14. The molecule has 8 nitrogen and oxygen atoms in total. The summed E-state index contributed by atoms with van der Waals surface area (Å²) in [6.07, 6.45) is 0. The van der Waals surface area contributed by atoms with E-state index in [1.165, 1.54) is 18.2 Å². The largest absolute Gasteiger partial charge is 0.363 e. The Morgan fingerprint density at radius 3 is 2.25 bits per heavy atom. The van der Waals surface area contributed by atoms with E-state index < -0.39 is 26.4 Å². The van der Waals surface area contributed by atoms with Gasteiger partial charge in [0.1, 0.15) is 17.5 Å². The molecular formula is C21H21F2N5O3S. The van der Waals surface area contributed by atoms with E-state index in [1.807, 2.05) is 19.0 Å². The summed E-state index contributed by atoms with van der Waals surface area (Å²) in [5.74, 6) is -2.52. The van der Waals surface area contributed by atoms with Gasteiger partial charge in [0, 0.05) is 31.5 Å². The number of nitrogens with one attached hydrogen (secondary N) is 2. The van der Waals surface area contributed by atoms with Crippen LogP contribution in [0.4, 0.5) is 31.8 Å². The number of anilines is 4. The molecule has 0 saturated carbocycles. The monoisotopic (exact) mass is 461 g/mol. The molecule has 3 aromatic rings. The lowest BCUT2D eigenvalue weighted by Crippen LogP contribution is -2.19. The standard InChI is InChI=1S/C21H21F2N5O3S/c1-13-24-18(12-19(25-13)28(2)3)26-14-8-10-15(11-9-14)27-20(29)16-6-4-5-7-17(16)32(30,31)21(22)23/h4-12,21H,1-3H3,(H,27,29)(H,24,25,26). The van der Waals surface area contributed by atoms with Crippen LogP contribution in [0.25, 0.3) is 0 Å². The van der Waals surface area contributed by atoms with Crippen molar-refractivity contribution < 1.29 is 22.0 Å². The molecule has 2 N–H and O–H groups in total. The number of benzene rings is 2. The van der Waals surface area contributed by atoms with Crippen molar-refractivity contribution in [3.8, 4) is 0 Å². The number of aryl methyl sites for hydroxylation is 1. The molecule has 0 spiro atoms. The zero-order valence-electron chi connectivity index (χ0n) is 17.5. The highest BCUT2D eigenvalue weighted by Crippen LogP contribution is 2.24. The van der Waals surface area contributed by atoms with Gasteiger partial charge in [-0.1, -0.05) is 12.1 Å². The molecule has 0 aliphatic rings. The number of nitrogens with zero attached hydrogens (tertiary/aromatic N) is 3. The number of sulfone groups is 1. The maximum absolute atomic E-state index is 12.9. The quantitative estimate of drug-likeness (QED) is 0.551. The summed E-state index contributed by atoms with van der Waals surface area (Å²) < 4.78 is 49.6. The number of rotatable bonds is 7. The van der Waals surface area contributed by atoms with Crippen LogP contribution in [0.15, 0.2) is 59.5 Å². The van der Waals surface area contributed by atoms with Gasteiger partial charge in [0.2, 0.25) is 9.84 Å². The van der Waals surface area contributed by atoms with Crippen molar-refractivity contribution in [2.45, 2.75) is 17.6 Å². The Morgan fingerprint density at radius 1 is 1.00 bits per heavy atom. The van der Waals surface area contributed by atoms with Crippen molar-refractivity contribution in [3.05, 3.63) is 66.0 Å². The molecular weight excluding hydrogens is 440 g/mol. The van der Waals surface area contributed by atoms with Crippen molar-refractivity contribution in [2.24, 2.45) is 0 Å². The number of hydrogen-bond acceptors (Lipinski definition) is 7. The third kappa shape index (κ3) is 5.17. The lowest BCUT2D eigenvalue weighted by molar-refractivity contribution is 0.102. The van der Waals surface area contributed by atoms with Gasteiger partial charge in [0.15, 0.2) is 0 Å². The molecule has 168 valence electrons. The lowest BCUT2D eigenvalue weighted by atomic mass is 10.2. The third-order valence-electron chi connectivity index (χ3n) is 4.37. The highest BCUT2D eigenvalue weighted by molar-refractivity contribution is 7.91. The van der Waals surface area contributed by atoms with Gasteiger partial charge in [-0.25, -0.2) is 18.4 Å². The van der Waals surface area contributed by atoms with Crippen LogP contribution in [-0.2, 0) is 9.84 Å². The van der Waals surface area contributed by atoms with E-state index in [1.54, 1.807) is 37.3 Å². The number of aromatic nitrogens is 2. The molecule has 32 heavy (non-hydrogen) atoms. The van der Waals surface area contributed by atoms with Crippen LogP contribution in [-0.4, -0.2) is 44.1 Å². The minimum Gasteiger partial charge on any atom is -0.363 e. The molecule has 1 aromatic heterocycles. The summed E-state index contributed by atoms with van der Waals surface area (Å²) in [6, 6.07) is 13.2. The predicted molar refractivity (Wildman–Crippen MR) is 118 cm³/mol. The molecule has 0 aliphatic heterocycles. The Bertz CT molecular complexity index is 1230. The summed E-state index contributed by atoms with van der Waals surface area (Å²) in [5.41, 5.74) is 0.687. The van der Waals surface area contributed by atoms with Gasteiger partial charge in [-0.05, 0) is 43.3 Å². The van der Waals surface area contributed by atoms with Gasteiger partial charge in [-0.3, -0.25) is 4.79 Å². The molecule has 1 heterocycles. The van der Waals surface area contributed by atoms with Crippen LogP contribution in [0.2, 0.25) is 0 Å². The second kappa shape index (κ2) is 9.27. The van der Waals surface area contributed by atoms with Gasteiger partial charge in [0.05, 0.1) is 10.5 Å². The fourth-order valence-electron chi connectivity index (χ4n) is 2.83. The zero-order chi connectivity index (χ0) is 23.5. The van der Waals surface area contributed by atoms with E-state index in [-0.39, 0.29) is 5.56 Å². The van der Waals surface area contributed by atoms with Crippen LogP contribution in [0.5, 0.6) is 0 Å². The Kier molecular flexibility index (Phi) is 6.68. The van der Waals surface area contributed by atoms with Gasteiger partial charge in [0.25, 0.3) is 5.91 Å². The second-order valence-corrected chi connectivity index (χ2v) is 8.90. The number of hydrogen-bond donors (Lipinski definition) is 2. The number of alkyl halides is 2. The van der Waals surface area contributed by atoms with E-state index in [2.05, 4.69) is 20.6 Å². The molecule has 0 saturated heterocycles. The van der Waals surface area contributed by atoms with Gasteiger partial charge < -0.3 is 15.5 Å². The molecule has 0 bridgehead atoms. The van der Waals surface area contributed by atoms with Crippen molar-refractivity contribution >= 4 is 38.8 Å². The van der Waals surface area contributed by atoms with E-state index in [0.29, 0.717) is 23.0 Å². The normalized spacial score (nSPS) is 11.3. The number of carbonyl (C=O) groups is 1. The first-order valence-electron chi connectivity index (χ1n) is 9.40. The Hall–Kier alpha value is -3.60. The highest BCUT2D eigenvalue weighted by atomic mass is 32.2. The Morgan fingerprint density at radius 2 is 1.62 bits per heavy atom. The predicted octanol–water partition coefficient (Wildman–Crippen LogP) is 3.84. The third-order valence-corrected chi connectivity index (χ3v) is 5.81. The molecule has 0 aliphatic carbocycles. The second-order valence-electron chi connectivity index (χ2n) is 7.01. The Balaban J connectivity index is 1.77. The first kappa shape index (κ1) is 23.1. The van der Waals surface area contributed by atoms with Crippen molar-refractivity contribution in [3.63, 3.8) is 0 Å². The van der Waals surface area contributed by atoms with Crippen molar-refractivity contribution in [1.82, 2.24) is 9.97 Å². The molecule has 0 unspecified atom stereocenters. The van der Waals surface area contributed by atoms with Crippen LogP contribution >= 0.6 is 0 Å². The molecule has 1 amide bonds. The number of carbonyl (C=O) groups excluding carboxylic acids is 1. The van der Waals surface area contributed by atoms with Gasteiger partial charge >= 0.3 is 5.76 Å². The summed E-state index contributed by atoms with van der Waals surface area (Å²) in [5, 5.41) is 5.67.